The van der Waals surface area contributed by atoms with Crippen molar-refractivity contribution in [1.29, 1.82) is 0 Å². The van der Waals surface area contributed by atoms with Crippen LogP contribution in [0.4, 0.5) is 0 Å². The average molecular weight is 610 g/mol. The van der Waals surface area contributed by atoms with Crippen LogP contribution in [0.5, 0.6) is 17.2 Å². The molecule has 3 atom stereocenters. The monoisotopic (exact) mass is 609 g/mol. The molecule has 3 amide bonds. The normalized spacial score (nSPS) is 12.9. The molecular formula is C36H39N3O6. The van der Waals surface area contributed by atoms with Crippen molar-refractivity contribution < 1.29 is 29.7 Å². The zero-order valence-corrected chi connectivity index (χ0v) is 25.6. The maximum absolute atomic E-state index is 13.1. The van der Waals surface area contributed by atoms with Crippen molar-refractivity contribution in [3.8, 4) is 17.2 Å². The standard InChI is InChI=1S/C36H39N3O6/c1-22(25-13-7-4-8-14-25)37-31(40)19-28-34(43)29(20-32(41)38-23(2)26-15-9-5-10-16-26)36(45)30(35(28)44)21-33(42)39-24(3)27-17-11-6-12-18-27/h4-18,22-24,43-45H,19-21H2,1-3H3,(H,37,40)(H,38,41)(H,39,42)/t22-,23-,24-/m1/s1. The van der Waals surface area contributed by atoms with Gasteiger partial charge >= 0.3 is 0 Å². The van der Waals surface area contributed by atoms with Crippen molar-refractivity contribution in [3.05, 3.63) is 124 Å². The number of aromatic hydroxyl groups is 3. The van der Waals surface area contributed by atoms with Gasteiger partial charge in [-0.05, 0) is 37.5 Å². The number of nitrogens with one attached hydrogen (secondary N) is 3. The number of hydrogen-bond donors (Lipinski definition) is 6. The fraction of sp³-hybridized carbons (Fsp3) is 0.250. The second kappa shape index (κ2) is 14.9. The Kier molecular flexibility index (Phi) is 10.8. The van der Waals surface area contributed by atoms with Gasteiger partial charge in [-0.3, -0.25) is 14.4 Å². The van der Waals surface area contributed by atoms with Crippen LogP contribution in [0.3, 0.4) is 0 Å². The fourth-order valence-corrected chi connectivity index (χ4v) is 5.22. The fourth-order valence-electron chi connectivity index (χ4n) is 5.22. The number of carbonyl (C=O) groups is 3. The van der Waals surface area contributed by atoms with Gasteiger partial charge in [-0.25, -0.2) is 0 Å². The van der Waals surface area contributed by atoms with E-state index in [2.05, 4.69) is 16.0 Å². The largest absolute Gasteiger partial charge is 0.507 e. The molecule has 0 aliphatic carbocycles. The van der Waals surface area contributed by atoms with E-state index in [-0.39, 0.29) is 34.8 Å². The maximum atomic E-state index is 13.1. The quantitative estimate of drug-likeness (QED) is 0.132. The van der Waals surface area contributed by atoms with Crippen LogP contribution in [0, 0.1) is 0 Å². The van der Waals surface area contributed by atoms with Crippen LogP contribution in [0.2, 0.25) is 0 Å². The zero-order chi connectivity index (χ0) is 32.5. The van der Waals surface area contributed by atoms with E-state index in [0.717, 1.165) is 16.7 Å². The molecular weight excluding hydrogens is 570 g/mol. The van der Waals surface area contributed by atoms with Gasteiger partial charge in [0.15, 0.2) is 0 Å². The summed E-state index contributed by atoms with van der Waals surface area (Å²) in [6, 6.07) is 26.8. The Balaban J connectivity index is 1.61. The van der Waals surface area contributed by atoms with Gasteiger partial charge in [-0.1, -0.05) is 91.0 Å². The smallest absolute Gasteiger partial charge is 0.225 e. The average Bonchev–Trinajstić information content (AvgIpc) is 3.04. The van der Waals surface area contributed by atoms with E-state index < -0.39 is 54.2 Å². The number of hydrogen-bond acceptors (Lipinski definition) is 6. The summed E-state index contributed by atoms with van der Waals surface area (Å²) < 4.78 is 0. The Morgan fingerprint density at radius 2 is 0.689 bits per heavy atom. The summed E-state index contributed by atoms with van der Waals surface area (Å²) in [4.78, 5) is 39.3. The molecule has 0 saturated heterocycles. The van der Waals surface area contributed by atoms with E-state index in [4.69, 9.17) is 0 Å². The number of phenolic OH excluding ortho intramolecular Hbond substituents is 3. The van der Waals surface area contributed by atoms with Gasteiger partial charge in [0.05, 0.1) is 37.4 Å². The first-order chi connectivity index (χ1) is 21.5. The molecule has 45 heavy (non-hydrogen) atoms. The number of phenols is 3. The molecule has 234 valence electrons. The van der Waals surface area contributed by atoms with Crippen LogP contribution in [-0.4, -0.2) is 33.0 Å². The lowest BCUT2D eigenvalue weighted by Gasteiger charge is -2.21. The highest BCUT2D eigenvalue weighted by molar-refractivity contribution is 5.87. The van der Waals surface area contributed by atoms with Crippen molar-refractivity contribution in [2.75, 3.05) is 0 Å². The molecule has 6 N–H and O–H groups in total. The van der Waals surface area contributed by atoms with Crippen LogP contribution >= 0.6 is 0 Å². The predicted octanol–water partition coefficient (Wildman–Crippen LogP) is 5.06. The lowest BCUT2D eigenvalue weighted by Crippen LogP contribution is -2.30. The Morgan fingerprint density at radius 3 is 0.911 bits per heavy atom. The third-order valence-corrected chi connectivity index (χ3v) is 7.76. The second-order valence-corrected chi connectivity index (χ2v) is 11.1. The van der Waals surface area contributed by atoms with E-state index in [0.29, 0.717) is 0 Å². The molecule has 0 unspecified atom stereocenters. The Morgan fingerprint density at radius 1 is 0.467 bits per heavy atom. The van der Waals surface area contributed by atoms with Crippen molar-refractivity contribution in [1.82, 2.24) is 16.0 Å². The van der Waals surface area contributed by atoms with Crippen molar-refractivity contribution in [3.63, 3.8) is 0 Å². The Labute approximate surface area is 262 Å². The number of amides is 3. The Hall–Kier alpha value is -5.31. The molecule has 0 heterocycles. The highest BCUT2D eigenvalue weighted by Crippen LogP contribution is 2.43. The van der Waals surface area contributed by atoms with E-state index in [1.807, 2.05) is 91.0 Å². The van der Waals surface area contributed by atoms with E-state index in [9.17, 15) is 29.7 Å². The lowest BCUT2D eigenvalue weighted by molar-refractivity contribution is -0.121. The molecule has 9 nitrogen and oxygen atoms in total. The first-order valence-electron chi connectivity index (χ1n) is 14.9. The second-order valence-electron chi connectivity index (χ2n) is 11.1. The molecule has 0 bridgehead atoms. The third-order valence-electron chi connectivity index (χ3n) is 7.76. The minimum atomic E-state index is -0.586. The number of carbonyl (C=O) groups excluding carboxylic acids is 3. The highest BCUT2D eigenvalue weighted by Gasteiger charge is 2.28. The molecule has 0 saturated carbocycles. The number of benzene rings is 4. The van der Waals surface area contributed by atoms with Crippen molar-refractivity contribution >= 4 is 17.7 Å². The Bertz CT molecular complexity index is 1410. The van der Waals surface area contributed by atoms with Gasteiger partial charge in [0, 0.05) is 16.7 Å². The van der Waals surface area contributed by atoms with Crippen LogP contribution in [0.15, 0.2) is 91.0 Å². The summed E-state index contributed by atoms with van der Waals surface area (Å²) in [6.45, 7) is 5.41. The molecule has 0 spiro atoms. The molecule has 0 aliphatic rings. The summed E-state index contributed by atoms with van der Waals surface area (Å²) >= 11 is 0. The third kappa shape index (κ3) is 8.41. The molecule has 0 aromatic heterocycles. The van der Waals surface area contributed by atoms with Gasteiger partial charge in [0.2, 0.25) is 17.7 Å². The van der Waals surface area contributed by atoms with E-state index >= 15 is 0 Å². The molecule has 4 aromatic rings. The van der Waals surface area contributed by atoms with Crippen molar-refractivity contribution in [2.24, 2.45) is 0 Å². The van der Waals surface area contributed by atoms with Crippen LogP contribution in [0.1, 0.15) is 72.3 Å². The summed E-state index contributed by atoms with van der Waals surface area (Å²) in [5.74, 6) is -3.29. The first-order valence-corrected chi connectivity index (χ1v) is 14.9. The predicted molar refractivity (Wildman–Crippen MR) is 172 cm³/mol. The SMILES string of the molecule is C[C@@H](NC(=O)Cc1c(O)c(CC(=O)N[C@H](C)c2ccccc2)c(O)c(CC(=O)N[C@H](C)c2ccccc2)c1O)c1ccccc1. The van der Waals surface area contributed by atoms with Crippen LogP contribution in [0.25, 0.3) is 0 Å². The van der Waals surface area contributed by atoms with Gasteiger partial charge in [-0.15, -0.1) is 0 Å². The van der Waals surface area contributed by atoms with Gasteiger partial charge in [-0.2, -0.15) is 0 Å². The molecule has 0 aliphatic heterocycles. The topological polar surface area (TPSA) is 148 Å². The van der Waals surface area contributed by atoms with Gasteiger partial charge in [0.1, 0.15) is 17.2 Å². The molecule has 9 heteroatoms. The highest BCUT2D eigenvalue weighted by atomic mass is 16.3. The van der Waals surface area contributed by atoms with Crippen molar-refractivity contribution in [2.45, 2.75) is 58.2 Å². The summed E-state index contributed by atoms with van der Waals surface area (Å²) in [5.41, 5.74) is 2.01. The van der Waals surface area contributed by atoms with Crippen LogP contribution in [-0.2, 0) is 33.6 Å². The van der Waals surface area contributed by atoms with E-state index in [1.165, 1.54) is 0 Å². The minimum Gasteiger partial charge on any atom is -0.507 e. The van der Waals surface area contributed by atoms with Gasteiger partial charge < -0.3 is 31.3 Å². The van der Waals surface area contributed by atoms with E-state index in [1.54, 1.807) is 20.8 Å². The summed E-state index contributed by atoms with van der Waals surface area (Å²) in [5, 5.41) is 42.2. The lowest BCUT2D eigenvalue weighted by atomic mass is 9.94. The molecule has 4 aromatic carbocycles. The maximum Gasteiger partial charge on any atom is 0.225 e. The number of rotatable bonds is 12. The van der Waals surface area contributed by atoms with Gasteiger partial charge in [0.25, 0.3) is 0 Å². The molecule has 0 radical (unpaired) electrons. The minimum absolute atomic E-state index is 0.191. The zero-order valence-electron chi connectivity index (χ0n) is 25.6. The molecule has 4 rings (SSSR count). The first kappa shape index (κ1) is 32.6. The summed E-state index contributed by atoms with van der Waals surface area (Å²) in [7, 11) is 0. The van der Waals surface area contributed by atoms with Crippen LogP contribution < -0.4 is 16.0 Å². The molecule has 0 fully saturated rings. The summed E-state index contributed by atoms with van der Waals surface area (Å²) in [6.07, 6.45) is -1.38.